The van der Waals surface area contributed by atoms with E-state index in [0.717, 1.165) is 21.9 Å². The number of Topliss-reactive ketones (excluding diaryl/α,β-unsaturated/α-hetero) is 1. The average Bonchev–Trinajstić information content (AvgIpc) is 3.14. The maximum Gasteiger partial charge on any atom is 0.307 e. The summed E-state index contributed by atoms with van der Waals surface area (Å²) in [5.41, 5.74) is 2.09. The number of carboxylic acid groups (broad SMARTS) is 1. The molecule has 0 amide bonds. The van der Waals surface area contributed by atoms with Gasteiger partial charge in [0.1, 0.15) is 18.0 Å². The van der Waals surface area contributed by atoms with Gasteiger partial charge in [-0.3, -0.25) is 19.4 Å². The van der Waals surface area contributed by atoms with Gasteiger partial charge in [-0.2, -0.15) is 0 Å². The molecule has 1 N–H and O–H groups in total. The summed E-state index contributed by atoms with van der Waals surface area (Å²) in [4.78, 5) is 40.6. The molecule has 0 radical (unpaired) electrons. The number of allylic oxidation sites excluding steroid dienone is 4. The van der Waals surface area contributed by atoms with Gasteiger partial charge in [0.2, 0.25) is 0 Å². The Morgan fingerprint density at radius 1 is 1.19 bits per heavy atom. The number of carboxylic acids is 1. The largest absolute Gasteiger partial charge is 0.489 e. The minimum atomic E-state index is -0.982. The SMILES string of the molecule is CC(=O)O[C@@H]1C[C@H]2[C@@H]3OC4=C(C=C3C=C[C@]2(C)[C@H]1c1ccc2cnccc2c1)C(=O)CC(C(=O)O)C4. The minimum absolute atomic E-state index is 0.00901. The molecule has 1 saturated carbocycles. The highest BCUT2D eigenvalue weighted by atomic mass is 16.5. The molecule has 2 aromatic rings. The summed E-state index contributed by atoms with van der Waals surface area (Å²) in [5.74, 6) is -1.92. The van der Waals surface area contributed by atoms with Gasteiger partial charge in [-0.25, -0.2) is 0 Å². The second-order valence-corrected chi connectivity index (χ2v) is 10.5. The maximum absolute atomic E-state index is 12.7. The maximum atomic E-state index is 12.7. The van der Waals surface area contributed by atoms with E-state index in [1.54, 1.807) is 6.20 Å². The van der Waals surface area contributed by atoms with Crippen molar-refractivity contribution >= 4 is 28.5 Å². The zero-order valence-electron chi connectivity index (χ0n) is 20.1. The highest BCUT2D eigenvalue weighted by Crippen LogP contribution is 2.60. The van der Waals surface area contributed by atoms with Gasteiger partial charge in [-0.1, -0.05) is 37.3 Å². The quantitative estimate of drug-likeness (QED) is 0.639. The van der Waals surface area contributed by atoms with E-state index in [2.05, 4.69) is 30.1 Å². The molecule has 6 atom stereocenters. The Morgan fingerprint density at radius 3 is 2.81 bits per heavy atom. The Labute approximate surface area is 208 Å². The van der Waals surface area contributed by atoms with Crippen LogP contribution in [-0.4, -0.2) is 40.0 Å². The number of rotatable bonds is 3. The van der Waals surface area contributed by atoms with Gasteiger partial charge < -0.3 is 14.6 Å². The number of aromatic nitrogens is 1. The molecule has 1 unspecified atom stereocenters. The monoisotopic (exact) mass is 485 g/mol. The van der Waals surface area contributed by atoms with Gasteiger partial charge in [-0.05, 0) is 35.1 Å². The second-order valence-electron chi connectivity index (χ2n) is 10.5. The third-order valence-corrected chi connectivity index (χ3v) is 8.39. The standard InChI is InChI=1S/C29H27NO6/c1-15(31)35-25-13-22-27-18(10-21-23(32)11-20(28(33)34)12-24(21)36-27)5-7-29(22,2)26(25)17-3-4-19-14-30-8-6-16(19)9-17/h3-10,14,20,22,25-27H,11-13H2,1-2H3,(H,33,34)/t20?,22-,25+,26-,27+,29-/m0/s1. The summed E-state index contributed by atoms with van der Waals surface area (Å²) in [6.45, 7) is 3.61. The first-order chi connectivity index (χ1) is 17.2. The first-order valence-electron chi connectivity index (χ1n) is 12.3. The molecular weight excluding hydrogens is 458 g/mol. The lowest BCUT2D eigenvalue weighted by Crippen LogP contribution is -2.41. The molecule has 1 aliphatic heterocycles. The Morgan fingerprint density at radius 2 is 2.03 bits per heavy atom. The average molecular weight is 486 g/mol. The number of pyridine rings is 1. The van der Waals surface area contributed by atoms with Crippen molar-refractivity contribution in [3.05, 3.63) is 77.4 Å². The number of hydrogen-bond donors (Lipinski definition) is 1. The van der Waals surface area contributed by atoms with Crippen LogP contribution in [0, 0.1) is 17.3 Å². The first-order valence-corrected chi connectivity index (χ1v) is 12.3. The lowest BCUT2D eigenvalue weighted by Gasteiger charge is -2.44. The van der Waals surface area contributed by atoms with Crippen molar-refractivity contribution in [3.63, 3.8) is 0 Å². The molecule has 7 heteroatoms. The Kier molecular flexibility index (Phi) is 5.14. The van der Waals surface area contributed by atoms with E-state index in [1.165, 1.54) is 6.92 Å². The molecule has 4 aliphatic rings. The molecular formula is C29H27NO6. The van der Waals surface area contributed by atoms with Gasteiger partial charge in [0.15, 0.2) is 5.78 Å². The summed E-state index contributed by atoms with van der Waals surface area (Å²) in [5, 5.41) is 11.6. The van der Waals surface area contributed by atoms with Crippen LogP contribution in [0.25, 0.3) is 10.8 Å². The number of benzene rings is 1. The number of nitrogens with zero attached hydrogens (tertiary/aromatic N) is 1. The van der Waals surface area contributed by atoms with Crippen molar-refractivity contribution in [3.8, 4) is 0 Å². The van der Waals surface area contributed by atoms with Crippen LogP contribution < -0.4 is 0 Å². The van der Waals surface area contributed by atoms with Crippen LogP contribution in [0.5, 0.6) is 0 Å². The van der Waals surface area contributed by atoms with E-state index in [0.29, 0.717) is 17.8 Å². The number of esters is 1. The molecule has 36 heavy (non-hydrogen) atoms. The predicted molar refractivity (Wildman–Crippen MR) is 131 cm³/mol. The van der Waals surface area contributed by atoms with E-state index in [9.17, 15) is 19.5 Å². The van der Waals surface area contributed by atoms with Crippen LogP contribution in [0.15, 0.2) is 71.8 Å². The van der Waals surface area contributed by atoms with Crippen LogP contribution >= 0.6 is 0 Å². The van der Waals surface area contributed by atoms with Crippen molar-refractivity contribution in [1.29, 1.82) is 0 Å². The van der Waals surface area contributed by atoms with E-state index in [1.807, 2.05) is 30.5 Å². The summed E-state index contributed by atoms with van der Waals surface area (Å²) in [6.07, 6.45) is 9.77. The number of ether oxygens (including phenoxy) is 2. The third kappa shape index (κ3) is 3.48. The number of hydrogen-bond acceptors (Lipinski definition) is 6. The molecule has 6 rings (SSSR count). The van der Waals surface area contributed by atoms with Crippen molar-refractivity contribution in [2.24, 2.45) is 17.3 Å². The third-order valence-electron chi connectivity index (χ3n) is 8.39. The van der Waals surface area contributed by atoms with E-state index in [4.69, 9.17) is 9.47 Å². The van der Waals surface area contributed by atoms with Crippen LogP contribution in [0.1, 0.15) is 44.6 Å². The van der Waals surface area contributed by atoms with Crippen LogP contribution in [0.4, 0.5) is 0 Å². The molecule has 7 nitrogen and oxygen atoms in total. The fourth-order valence-corrected chi connectivity index (χ4v) is 6.69. The summed E-state index contributed by atoms with van der Waals surface area (Å²) >= 11 is 0. The van der Waals surface area contributed by atoms with Gasteiger partial charge in [0.25, 0.3) is 0 Å². The van der Waals surface area contributed by atoms with Gasteiger partial charge in [-0.15, -0.1) is 0 Å². The summed E-state index contributed by atoms with van der Waals surface area (Å²) in [7, 11) is 0. The van der Waals surface area contributed by atoms with Gasteiger partial charge >= 0.3 is 11.9 Å². The van der Waals surface area contributed by atoms with E-state index < -0.39 is 11.9 Å². The van der Waals surface area contributed by atoms with Crippen LogP contribution in [0.2, 0.25) is 0 Å². The Bertz CT molecular complexity index is 1400. The highest BCUT2D eigenvalue weighted by Gasteiger charge is 2.58. The number of fused-ring (bicyclic) bond motifs is 4. The molecule has 184 valence electrons. The normalized spacial score (nSPS) is 32.8. The lowest BCUT2D eigenvalue weighted by molar-refractivity contribution is -0.147. The smallest absolute Gasteiger partial charge is 0.307 e. The first kappa shape index (κ1) is 22.7. The zero-order valence-corrected chi connectivity index (χ0v) is 20.1. The Balaban J connectivity index is 1.41. The topological polar surface area (TPSA) is 103 Å². The van der Waals surface area contributed by atoms with E-state index >= 15 is 0 Å². The zero-order chi connectivity index (χ0) is 25.2. The summed E-state index contributed by atoms with van der Waals surface area (Å²) < 4.78 is 12.4. The molecule has 2 heterocycles. The molecule has 0 saturated heterocycles. The number of aliphatic carboxylic acids is 1. The molecule has 1 fully saturated rings. The molecule has 1 aromatic carbocycles. The second kappa shape index (κ2) is 8.15. The minimum Gasteiger partial charge on any atom is -0.489 e. The fourth-order valence-electron chi connectivity index (χ4n) is 6.69. The Hall–Kier alpha value is -3.74. The number of carbonyl (C=O) groups is 3. The molecule has 0 bridgehead atoms. The number of ketones is 1. The number of carbonyl (C=O) groups excluding carboxylic acids is 2. The lowest BCUT2D eigenvalue weighted by atomic mass is 9.64. The molecule has 0 spiro atoms. The van der Waals surface area contributed by atoms with E-state index in [-0.39, 0.29) is 54.1 Å². The summed E-state index contributed by atoms with van der Waals surface area (Å²) in [6, 6.07) is 8.25. The van der Waals surface area contributed by atoms with Crippen molar-refractivity contribution < 1.29 is 29.0 Å². The fraction of sp³-hybridized carbons (Fsp3) is 0.379. The highest BCUT2D eigenvalue weighted by molar-refractivity contribution is 6.02. The van der Waals surface area contributed by atoms with Crippen molar-refractivity contribution in [1.82, 2.24) is 4.98 Å². The van der Waals surface area contributed by atoms with Crippen LogP contribution in [0.3, 0.4) is 0 Å². The van der Waals surface area contributed by atoms with Crippen molar-refractivity contribution in [2.45, 2.75) is 51.2 Å². The molecule has 3 aliphatic carbocycles. The van der Waals surface area contributed by atoms with Gasteiger partial charge in [0, 0.05) is 54.8 Å². The predicted octanol–water partition coefficient (Wildman–Crippen LogP) is 4.49. The molecule has 1 aromatic heterocycles. The van der Waals surface area contributed by atoms with Crippen LogP contribution in [-0.2, 0) is 23.9 Å². The van der Waals surface area contributed by atoms with Crippen molar-refractivity contribution in [2.75, 3.05) is 0 Å². The van der Waals surface area contributed by atoms with Gasteiger partial charge in [0.05, 0.1) is 11.5 Å².